The number of hydrogen-bond acceptors (Lipinski definition) is 4. The zero-order valence-corrected chi connectivity index (χ0v) is 19.8. The zero-order valence-electron chi connectivity index (χ0n) is 18.2. The Morgan fingerprint density at radius 1 is 1.10 bits per heavy atom. The van der Waals surface area contributed by atoms with Crippen LogP contribution in [-0.2, 0) is 17.6 Å². The number of thioether (sulfide) groups is 1. The predicted octanol–water partition coefficient (Wildman–Crippen LogP) is 6.91. The van der Waals surface area contributed by atoms with Crippen molar-refractivity contribution >= 4 is 34.7 Å². The first-order chi connectivity index (χ1) is 14.3. The Morgan fingerprint density at radius 2 is 1.77 bits per heavy atom. The minimum absolute atomic E-state index is 0.0634. The Bertz CT molecular complexity index is 958. The van der Waals surface area contributed by atoms with E-state index in [4.69, 9.17) is 11.6 Å². The summed E-state index contributed by atoms with van der Waals surface area (Å²) in [4.78, 5) is 17.5. The van der Waals surface area contributed by atoms with Crippen molar-refractivity contribution in [2.24, 2.45) is 5.92 Å². The molecule has 1 unspecified atom stereocenters. The maximum absolute atomic E-state index is 13.1. The molecule has 1 aliphatic carbocycles. The molecule has 1 heterocycles. The summed E-state index contributed by atoms with van der Waals surface area (Å²) in [6.07, 6.45) is 5.38. The number of nitrogens with zero attached hydrogens (tertiary/aromatic N) is 1. The molecule has 0 fully saturated rings. The molecule has 160 valence electrons. The van der Waals surface area contributed by atoms with Gasteiger partial charge in [-0.15, -0.1) is 11.8 Å². The van der Waals surface area contributed by atoms with Crippen LogP contribution in [-0.4, -0.2) is 21.6 Å². The van der Waals surface area contributed by atoms with Gasteiger partial charge in [-0.25, -0.2) is 4.98 Å². The zero-order chi connectivity index (χ0) is 21.8. The number of carbonyl (C=O) groups excluding carboxylic acids is 1. The molecule has 0 saturated heterocycles. The van der Waals surface area contributed by atoms with Crippen molar-refractivity contribution < 1.29 is 9.90 Å². The molecule has 1 atom stereocenters. The Hall–Kier alpha value is -1.78. The van der Waals surface area contributed by atoms with Crippen LogP contribution in [0.15, 0.2) is 35.2 Å². The van der Waals surface area contributed by atoms with Gasteiger partial charge in [-0.2, -0.15) is 0 Å². The van der Waals surface area contributed by atoms with Crippen LogP contribution in [0.3, 0.4) is 0 Å². The largest absolute Gasteiger partial charge is 0.512 e. The summed E-state index contributed by atoms with van der Waals surface area (Å²) in [7, 11) is 0. The van der Waals surface area contributed by atoms with E-state index in [0.29, 0.717) is 23.4 Å². The summed E-state index contributed by atoms with van der Waals surface area (Å²) in [6, 6.07) is 6.20. The van der Waals surface area contributed by atoms with E-state index >= 15 is 0 Å². The van der Waals surface area contributed by atoms with Gasteiger partial charge in [-0.1, -0.05) is 43.1 Å². The second kappa shape index (κ2) is 10.0. The molecule has 5 heteroatoms. The summed E-state index contributed by atoms with van der Waals surface area (Å²) >= 11 is 7.88. The van der Waals surface area contributed by atoms with Crippen LogP contribution in [0.4, 0.5) is 0 Å². The second-order valence-corrected chi connectivity index (χ2v) is 9.61. The van der Waals surface area contributed by atoms with E-state index < -0.39 is 0 Å². The summed E-state index contributed by atoms with van der Waals surface area (Å²) < 4.78 is 0. The molecule has 0 saturated carbocycles. The molecule has 1 N–H and O–H groups in total. The van der Waals surface area contributed by atoms with Crippen LogP contribution in [0, 0.1) is 19.8 Å². The first-order valence-electron chi connectivity index (χ1n) is 10.7. The predicted molar refractivity (Wildman–Crippen MR) is 127 cm³/mol. The van der Waals surface area contributed by atoms with E-state index in [1.165, 1.54) is 5.56 Å². The molecule has 0 bridgehead atoms. The minimum Gasteiger partial charge on any atom is -0.512 e. The molecular weight excluding hydrogens is 414 g/mol. The van der Waals surface area contributed by atoms with Crippen molar-refractivity contribution in [3.8, 4) is 0 Å². The smallest absolute Gasteiger partial charge is 0.167 e. The van der Waals surface area contributed by atoms with Gasteiger partial charge in [0.2, 0.25) is 0 Å². The van der Waals surface area contributed by atoms with Gasteiger partial charge in [0, 0.05) is 19.0 Å². The molecule has 0 aliphatic heterocycles. The van der Waals surface area contributed by atoms with Gasteiger partial charge in [0.15, 0.2) is 5.78 Å². The van der Waals surface area contributed by atoms with Gasteiger partial charge < -0.3 is 5.11 Å². The standard InChI is InChI=1S/C25H30ClNO2S/c1-5-18-9-15(3)10-19(6-2)23(18)24-21(28)12-17(13-22(24)29)7-8-30-25-20(26)11-16(4)14-27-25/h9-11,14,17,28H,5-8,12-13H2,1-4H3. The maximum Gasteiger partial charge on any atom is 0.167 e. The molecule has 1 aromatic carbocycles. The minimum atomic E-state index is 0.0634. The van der Waals surface area contributed by atoms with Gasteiger partial charge in [0.25, 0.3) is 0 Å². The molecule has 1 aliphatic rings. The molecule has 30 heavy (non-hydrogen) atoms. The lowest BCUT2D eigenvalue weighted by molar-refractivity contribution is -0.115. The van der Waals surface area contributed by atoms with Crippen molar-refractivity contribution in [3.05, 3.63) is 63.0 Å². The van der Waals surface area contributed by atoms with Crippen LogP contribution in [0.5, 0.6) is 0 Å². The number of aromatic nitrogens is 1. The average Bonchev–Trinajstić information content (AvgIpc) is 2.69. The number of pyridine rings is 1. The molecular formula is C25H30ClNO2S. The quantitative estimate of drug-likeness (QED) is 0.472. The number of benzene rings is 1. The number of hydrogen-bond donors (Lipinski definition) is 1. The summed E-state index contributed by atoms with van der Waals surface area (Å²) in [5.74, 6) is 1.29. The number of carbonyl (C=O) groups is 1. The third-order valence-corrected chi connectivity index (χ3v) is 7.13. The topological polar surface area (TPSA) is 50.2 Å². The van der Waals surface area contributed by atoms with E-state index in [0.717, 1.165) is 52.3 Å². The molecule has 3 nitrogen and oxygen atoms in total. The number of aliphatic hydroxyl groups excluding tert-OH is 1. The highest BCUT2D eigenvalue weighted by molar-refractivity contribution is 7.99. The highest BCUT2D eigenvalue weighted by Crippen LogP contribution is 2.38. The van der Waals surface area contributed by atoms with Crippen molar-refractivity contribution in [2.75, 3.05) is 5.75 Å². The SMILES string of the molecule is CCc1cc(C)cc(CC)c1C1=C(O)CC(CCSc2ncc(C)cc2Cl)CC1=O. The lowest BCUT2D eigenvalue weighted by Gasteiger charge is -2.26. The Balaban J connectivity index is 1.75. The van der Waals surface area contributed by atoms with E-state index in [1.807, 2.05) is 19.2 Å². The number of aryl methyl sites for hydroxylation is 4. The fourth-order valence-corrected chi connectivity index (χ4v) is 5.58. The number of Topliss-reactive ketones (excluding diaryl/α,β-unsaturated/α-hetero) is 1. The molecule has 0 spiro atoms. The second-order valence-electron chi connectivity index (χ2n) is 8.12. The first kappa shape index (κ1) is 22.9. The summed E-state index contributed by atoms with van der Waals surface area (Å²) in [6.45, 7) is 8.26. The molecule has 1 aromatic heterocycles. The highest BCUT2D eigenvalue weighted by atomic mass is 35.5. The van der Waals surface area contributed by atoms with E-state index in [1.54, 1.807) is 11.8 Å². The van der Waals surface area contributed by atoms with Gasteiger partial charge in [-0.3, -0.25) is 4.79 Å². The normalized spacial score (nSPS) is 17.0. The van der Waals surface area contributed by atoms with Crippen LogP contribution < -0.4 is 0 Å². The molecule has 3 rings (SSSR count). The van der Waals surface area contributed by atoms with Crippen molar-refractivity contribution in [2.45, 2.75) is 64.8 Å². The van der Waals surface area contributed by atoms with E-state index in [-0.39, 0.29) is 17.5 Å². The third kappa shape index (κ3) is 5.09. The first-order valence-corrected chi connectivity index (χ1v) is 12.0. The van der Waals surface area contributed by atoms with Gasteiger partial charge >= 0.3 is 0 Å². The van der Waals surface area contributed by atoms with Crippen molar-refractivity contribution in [1.82, 2.24) is 4.98 Å². The third-order valence-electron chi connectivity index (χ3n) is 5.69. The van der Waals surface area contributed by atoms with Crippen molar-refractivity contribution in [1.29, 1.82) is 0 Å². The van der Waals surface area contributed by atoms with Gasteiger partial charge in [0.05, 0.1) is 10.6 Å². The number of ketones is 1. The maximum atomic E-state index is 13.1. The van der Waals surface area contributed by atoms with Crippen LogP contribution in [0.2, 0.25) is 5.02 Å². The number of halogens is 1. The van der Waals surface area contributed by atoms with Crippen LogP contribution in [0.1, 0.15) is 60.9 Å². The Morgan fingerprint density at radius 3 is 2.33 bits per heavy atom. The number of allylic oxidation sites excluding steroid dienone is 2. The summed E-state index contributed by atoms with van der Waals surface area (Å²) in [5.41, 5.74) is 6.06. The summed E-state index contributed by atoms with van der Waals surface area (Å²) in [5, 5.41) is 12.4. The fourth-order valence-electron chi connectivity index (χ4n) is 4.23. The van der Waals surface area contributed by atoms with Gasteiger partial charge in [-0.05, 0) is 73.1 Å². The molecule has 0 amide bonds. The number of aliphatic hydroxyl groups is 1. The van der Waals surface area contributed by atoms with Crippen LogP contribution in [0.25, 0.3) is 5.57 Å². The molecule has 2 aromatic rings. The van der Waals surface area contributed by atoms with Crippen molar-refractivity contribution in [3.63, 3.8) is 0 Å². The molecule has 0 radical (unpaired) electrons. The Labute approximate surface area is 189 Å². The average molecular weight is 444 g/mol. The fraction of sp³-hybridized carbons (Fsp3) is 0.440. The van der Waals surface area contributed by atoms with E-state index in [9.17, 15) is 9.90 Å². The van der Waals surface area contributed by atoms with Gasteiger partial charge in [0.1, 0.15) is 10.8 Å². The number of rotatable bonds is 7. The Kier molecular flexibility index (Phi) is 7.65. The highest BCUT2D eigenvalue weighted by Gasteiger charge is 2.30. The lowest BCUT2D eigenvalue weighted by atomic mass is 9.79. The monoisotopic (exact) mass is 443 g/mol. The lowest BCUT2D eigenvalue weighted by Crippen LogP contribution is -2.21. The van der Waals surface area contributed by atoms with E-state index in [2.05, 4.69) is 37.9 Å². The van der Waals surface area contributed by atoms with Crippen LogP contribution >= 0.6 is 23.4 Å².